The summed E-state index contributed by atoms with van der Waals surface area (Å²) in [4.78, 5) is 3.35. The van der Waals surface area contributed by atoms with Crippen LogP contribution in [0.4, 0.5) is 0 Å². The summed E-state index contributed by atoms with van der Waals surface area (Å²) >= 11 is 0. The zero-order valence-corrected chi connectivity index (χ0v) is 11.2. The Balaban J connectivity index is 2.24. The first-order chi connectivity index (χ1) is 8.58. The molecule has 1 unspecified atom stereocenters. The van der Waals surface area contributed by atoms with Crippen LogP contribution in [0.15, 0.2) is 18.2 Å². The van der Waals surface area contributed by atoms with Crippen molar-refractivity contribution in [3.05, 3.63) is 29.5 Å². The maximum absolute atomic E-state index is 6.17. The Kier molecular flexibility index (Phi) is 2.42. The van der Waals surface area contributed by atoms with E-state index in [1.807, 2.05) is 0 Å². The Labute approximate surface area is 107 Å². The largest absolute Gasteiger partial charge is 0.496 e. The van der Waals surface area contributed by atoms with Gasteiger partial charge in [0.05, 0.1) is 7.11 Å². The molecule has 1 heterocycles. The van der Waals surface area contributed by atoms with Gasteiger partial charge in [0.15, 0.2) is 0 Å². The number of aryl methyl sites for hydroxylation is 1. The summed E-state index contributed by atoms with van der Waals surface area (Å²) in [5.74, 6) is 0.992. The van der Waals surface area contributed by atoms with Crippen LogP contribution >= 0.6 is 0 Å². The van der Waals surface area contributed by atoms with Crippen molar-refractivity contribution in [1.82, 2.24) is 4.98 Å². The molecule has 0 amide bonds. The first-order valence-corrected chi connectivity index (χ1v) is 6.51. The van der Waals surface area contributed by atoms with E-state index in [0.717, 1.165) is 29.8 Å². The van der Waals surface area contributed by atoms with Crippen LogP contribution in [0.2, 0.25) is 0 Å². The molecule has 96 valence electrons. The first kappa shape index (κ1) is 11.6. The molecule has 2 aromatic rings. The minimum absolute atomic E-state index is 0.130. The van der Waals surface area contributed by atoms with Crippen LogP contribution < -0.4 is 10.5 Å². The van der Waals surface area contributed by atoms with E-state index in [4.69, 9.17) is 10.5 Å². The van der Waals surface area contributed by atoms with E-state index in [1.165, 1.54) is 10.9 Å². The molecule has 3 nitrogen and oxygen atoms in total. The molecule has 1 aliphatic rings. The molecule has 0 radical (unpaired) electrons. The van der Waals surface area contributed by atoms with Crippen molar-refractivity contribution in [2.24, 2.45) is 5.73 Å². The summed E-state index contributed by atoms with van der Waals surface area (Å²) in [6.45, 7) is 4.16. The van der Waals surface area contributed by atoms with E-state index in [0.29, 0.717) is 0 Å². The number of aromatic amines is 1. The summed E-state index contributed by atoms with van der Waals surface area (Å²) < 4.78 is 5.67. The van der Waals surface area contributed by atoms with Gasteiger partial charge < -0.3 is 15.5 Å². The molecule has 3 N–H and O–H groups in total. The number of ether oxygens (including phenoxy) is 1. The summed E-state index contributed by atoms with van der Waals surface area (Å²) in [5, 5.41) is 1.17. The van der Waals surface area contributed by atoms with Crippen LogP contribution in [-0.4, -0.2) is 18.1 Å². The number of hydrogen-bond acceptors (Lipinski definition) is 2. The van der Waals surface area contributed by atoms with E-state index >= 15 is 0 Å². The maximum Gasteiger partial charge on any atom is 0.132 e. The Hall–Kier alpha value is -1.48. The molecular weight excluding hydrogens is 224 g/mol. The van der Waals surface area contributed by atoms with Gasteiger partial charge in [-0.2, -0.15) is 0 Å². The highest BCUT2D eigenvalue weighted by Gasteiger charge is 2.49. The second-order valence-electron chi connectivity index (χ2n) is 5.50. The zero-order chi connectivity index (χ0) is 12.9. The molecule has 3 heteroatoms. The Morgan fingerprint density at radius 3 is 2.67 bits per heavy atom. The number of aromatic nitrogens is 1. The van der Waals surface area contributed by atoms with Crippen LogP contribution in [0.1, 0.15) is 31.0 Å². The number of nitrogens with two attached hydrogens (primary N) is 1. The van der Waals surface area contributed by atoms with Gasteiger partial charge in [-0.3, -0.25) is 0 Å². The van der Waals surface area contributed by atoms with Gasteiger partial charge in [-0.25, -0.2) is 0 Å². The highest BCUT2D eigenvalue weighted by molar-refractivity contribution is 5.88. The van der Waals surface area contributed by atoms with Gasteiger partial charge in [-0.1, -0.05) is 6.07 Å². The summed E-state index contributed by atoms with van der Waals surface area (Å²) in [5.41, 5.74) is 9.87. The molecule has 1 aliphatic carbocycles. The minimum Gasteiger partial charge on any atom is -0.496 e. The number of H-pyrrole nitrogens is 1. The number of methoxy groups -OCH3 is 1. The highest BCUT2D eigenvalue weighted by Crippen LogP contribution is 2.54. The molecule has 1 fully saturated rings. The molecule has 0 bridgehead atoms. The predicted molar refractivity (Wildman–Crippen MR) is 74.1 cm³/mol. The maximum atomic E-state index is 6.17. The first-order valence-electron chi connectivity index (χ1n) is 6.51. The van der Waals surface area contributed by atoms with Crippen molar-refractivity contribution < 1.29 is 4.74 Å². The van der Waals surface area contributed by atoms with E-state index in [-0.39, 0.29) is 11.5 Å². The van der Waals surface area contributed by atoms with Crippen molar-refractivity contribution in [3.8, 4) is 5.75 Å². The number of rotatable bonds is 3. The van der Waals surface area contributed by atoms with Gasteiger partial charge in [-0.15, -0.1) is 0 Å². The van der Waals surface area contributed by atoms with Gasteiger partial charge in [0, 0.05) is 33.6 Å². The molecule has 1 saturated carbocycles. The number of nitrogens with one attached hydrogen (secondary N) is 1. The summed E-state index contributed by atoms with van der Waals surface area (Å²) in [6, 6.07) is 6.63. The smallest absolute Gasteiger partial charge is 0.132 e. The Morgan fingerprint density at radius 1 is 1.39 bits per heavy atom. The van der Waals surface area contributed by atoms with Crippen LogP contribution in [0.25, 0.3) is 10.9 Å². The van der Waals surface area contributed by atoms with E-state index < -0.39 is 0 Å². The lowest BCUT2D eigenvalue weighted by molar-refractivity contribution is 0.403. The average molecular weight is 244 g/mol. The third-order valence-corrected chi connectivity index (χ3v) is 4.29. The molecule has 1 aromatic heterocycles. The normalized spacial score (nSPS) is 18.9. The number of fused-ring (bicyclic) bond motifs is 1. The standard InChI is InChI=1S/C15H20N2O/c1-9-8-11-13(17-9)5-4-12(14(11)18-3)15(6-7-15)10(2)16/h4-5,8,10,17H,6-7,16H2,1-3H3. The second kappa shape index (κ2) is 3.75. The van der Waals surface area contributed by atoms with E-state index in [2.05, 4.69) is 37.0 Å². The van der Waals surface area contributed by atoms with Crippen LogP contribution in [0, 0.1) is 6.92 Å². The fraction of sp³-hybridized carbons (Fsp3) is 0.467. The van der Waals surface area contributed by atoms with Crippen LogP contribution in [0.5, 0.6) is 5.75 Å². The van der Waals surface area contributed by atoms with Gasteiger partial charge in [-0.05, 0) is 38.8 Å². The van der Waals surface area contributed by atoms with Crippen molar-refractivity contribution >= 4 is 10.9 Å². The van der Waals surface area contributed by atoms with Crippen molar-refractivity contribution in [2.45, 2.75) is 38.1 Å². The lowest BCUT2D eigenvalue weighted by Gasteiger charge is -2.23. The lowest BCUT2D eigenvalue weighted by Crippen LogP contribution is -2.31. The van der Waals surface area contributed by atoms with Gasteiger partial charge in [0.2, 0.25) is 0 Å². The zero-order valence-electron chi connectivity index (χ0n) is 11.2. The number of hydrogen-bond donors (Lipinski definition) is 2. The molecule has 0 saturated heterocycles. The monoisotopic (exact) mass is 244 g/mol. The molecule has 0 spiro atoms. The summed E-state index contributed by atoms with van der Waals surface area (Å²) in [7, 11) is 1.75. The van der Waals surface area contributed by atoms with E-state index in [9.17, 15) is 0 Å². The molecular formula is C15H20N2O. The van der Waals surface area contributed by atoms with Crippen molar-refractivity contribution in [1.29, 1.82) is 0 Å². The SMILES string of the molecule is COc1c(C2(C(C)N)CC2)ccc2[nH]c(C)cc12. The van der Waals surface area contributed by atoms with E-state index in [1.54, 1.807) is 7.11 Å². The van der Waals surface area contributed by atoms with Crippen LogP contribution in [0.3, 0.4) is 0 Å². The number of benzene rings is 1. The third-order valence-electron chi connectivity index (χ3n) is 4.29. The predicted octanol–water partition coefficient (Wildman–Crippen LogP) is 2.86. The minimum atomic E-state index is 0.130. The molecule has 1 aromatic carbocycles. The quantitative estimate of drug-likeness (QED) is 0.872. The second-order valence-corrected chi connectivity index (χ2v) is 5.50. The van der Waals surface area contributed by atoms with Gasteiger partial charge >= 0.3 is 0 Å². The highest BCUT2D eigenvalue weighted by atomic mass is 16.5. The fourth-order valence-electron chi connectivity index (χ4n) is 3.03. The van der Waals surface area contributed by atoms with Crippen molar-refractivity contribution in [2.75, 3.05) is 7.11 Å². The average Bonchev–Trinajstić information content (AvgIpc) is 3.05. The summed E-state index contributed by atoms with van der Waals surface area (Å²) in [6.07, 6.45) is 2.33. The topological polar surface area (TPSA) is 51.0 Å². The van der Waals surface area contributed by atoms with Gasteiger partial charge in [0.25, 0.3) is 0 Å². The molecule has 18 heavy (non-hydrogen) atoms. The molecule has 3 rings (SSSR count). The molecule has 1 atom stereocenters. The lowest BCUT2D eigenvalue weighted by atomic mass is 9.88. The molecule has 0 aliphatic heterocycles. The van der Waals surface area contributed by atoms with Gasteiger partial charge in [0.1, 0.15) is 5.75 Å². The Bertz CT molecular complexity index is 594. The fourth-order valence-corrected chi connectivity index (χ4v) is 3.03. The van der Waals surface area contributed by atoms with Crippen molar-refractivity contribution in [3.63, 3.8) is 0 Å². The van der Waals surface area contributed by atoms with Crippen LogP contribution in [-0.2, 0) is 5.41 Å². The third kappa shape index (κ3) is 1.47. The Morgan fingerprint density at radius 2 is 2.11 bits per heavy atom.